The summed E-state index contributed by atoms with van der Waals surface area (Å²) in [5, 5.41) is 13.1. The molecule has 0 aromatic rings. The highest BCUT2D eigenvalue weighted by Gasteiger charge is 2.35. The van der Waals surface area contributed by atoms with Gasteiger partial charge in [0.05, 0.1) is 5.73 Å². The van der Waals surface area contributed by atoms with E-state index in [0.29, 0.717) is 13.1 Å². The fourth-order valence-electron chi connectivity index (χ4n) is 1.29. The lowest BCUT2D eigenvalue weighted by molar-refractivity contribution is 0.223. The molecule has 94 valence electrons. The zero-order chi connectivity index (χ0) is 12.1. The van der Waals surface area contributed by atoms with Gasteiger partial charge in [-0.15, -0.1) is 0 Å². The molecule has 1 atom stereocenters. The van der Waals surface area contributed by atoms with E-state index in [1.165, 1.54) is 0 Å². The minimum absolute atomic E-state index is 0.379. The van der Waals surface area contributed by atoms with Crippen LogP contribution in [0.3, 0.4) is 0 Å². The zero-order valence-corrected chi connectivity index (χ0v) is 12.4. The molecule has 0 bridgehead atoms. The van der Waals surface area contributed by atoms with Crippen molar-refractivity contribution in [1.82, 2.24) is 5.32 Å². The first-order chi connectivity index (χ1) is 6.69. The van der Waals surface area contributed by atoms with E-state index in [2.05, 4.69) is 37.2 Å². The Hall–Kier alpha value is 0.407. The molecule has 4 nitrogen and oxygen atoms in total. The van der Waals surface area contributed by atoms with Crippen molar-refractivity contribution in [1.29, 1.82) is 0 Å². The quantitative estimate of drug-likeness (QED) is 0.450. The Kier molecular flexibility index (Phi) is 6.39. The summed E-state index contributed by atoms with van der Waals surface area (Å²) in [7, 11) is -3.01. The predicted octanol–water partition coefficient (Wildman–Crippen LogP) is 0.266. The minimum atomic E-state index is -2.00. The van der Waals surface area contributed by atoms with E-state index in [4.69, 9.17) is 9.61 Å². The number of aliphatic hydroxyl groups excluding tert-OH is 1. The van der Waals surface area contributed by atoms with Crippen LogP contribution in [0.15, 0.2) is 0 Å². The molecular weight excluding hydrogens is 228 g/mol. The predicted molar refractivity (Wildman–Crippen MR) is 71.9 cm³/mol. The van der Waals surface area contributed by atoms with Gasteiger partial charge in [0.15, 0.2) is 0 Å². The first-order valence-corrected chi connectivity index (χ1v) is 10.9. The molecule has 6 heteroatoms. The normalized spacial score (nSPS) is 16.5. The molecule has 0 spiro atoms. The largest absolute Gasteiger partial charge is 0.392 e. The summed E-state index contributed by atoms with van der Waals surface area (Å²) in [6, 6.07) is 0. The van der Waals surface area contributed by atoms with Crippen LogP contribution in [0.4, 0.5) is 0 Å². The Morgan fingerprint density at radius 2 is 1.93 bits per heavy atom. The van der Waals surface area contributed by atoms with E-state index in [0.717, 1.165) is 6.54 Å². The van der Waals surface area contributed by atoms with Crippen molar-refractivity contribution >= 4 is 18.6 Å². The van der Waals surface area contributed by atoms with Gasteiger partial charge in [-0.3, -0.25) is 0 Å². The van der Waals surface area contributed by atoms with Crippen LogP contribution in [0.1, 0.15) is 0 Å². The van der Waals surface area contributed by atoms with Crippen molar-refractivity contribution in [2.24, 2.45) is 5.73 Å². The topological polar surface area (TPSA) is 67.5 Å². The summed E-state index contributed by atoms with van der Waals surface area (Å²) in [5.74, 6) is 0. The van der Waals surface area contributed by atoms with Crippen molar-refractivity contribution in [3.8, 4) is 0 Å². The molecule has 0 radical (unpaired) electrons. The molecule has 15 heavy (non-hydrogen) atoms. The second-order valence-electron chi connectivity index (χ2n) is 4.92. The summed E-state index contributed by atoms with van der Waals surface area (Å²) in [6.45, 7) is 6.02. The fourth-order valence-corrected chi connectivity index (χ4v) is 7.52. The number of nitrogens with two attached hydrogens (primary N) is 1. The Morgan fingerprint density at radius 3 is 2.33 bits per heavy atom. The van der Waals surface area contributed by atoms with Gasteiger partial charge < -0.3 is 20.0 Å². The van der Waals surface area contributed by atoms with Gasteiger partial charge in [0.2, 0.25) is 8.32 Å². The lowest BCUT2D eigenvalue weighted by atomic mass is 10.6. The molecule has 1 unspecified atom stereocenters. The second-order valence-corrected chi connectivity index (χ2v) is 12.9. The van der Waals surface area contributed by atoms with E-state index in [9.17, 15) is 5.11 Å². The van der Waals surface area contributed by atoms with E-state index in [1.807, 2.05) is 0 Å². The van der Waals surface area contributed by atoms with Crippen molar-refractivity contribution in [2.75, 3.05) is 38.4 Å². The number of hydrogen-bond acceptors (Lipinski definition) is 4. The average molecular weight is 254 g/mol. The molecule has 0 aliphatic carbocycles. The molecule has 0 aromatic heterocycles. The molecule has 0 heterocycles. The molecule has 0 fully saturated rings. The van der Waals surface area contributed by atoms with Crippen molar-refractivity contribution in [3.63, 3.8) is 0 Å². The van der Waals surface area contributed by atoms with Crippen LogP contribution in [-0.2, 0) is 3.87 Å². The van der Waals surface area contributed by atoms with Crippen molar-refractivity contribution in [3.05, 3.63) is 0 Å². The number of rotatable bonds is 7. The number of aliphatic hydroxyl groups is 1. The highest BCUT2D eigenvalue weighted by Crippen LogP contribution is 2.40. The van der Waals surface area contributed by atoms with Crippen molar-refractivity contribution < 1.29 is 8.98 Å². The fraction of sp³-hybridized carbons (Fsp3) is 1.00. The van der Waals surface area contributed by atoms with E-state index < -0.39 is 18.6 Å². The van der Waals surface area contributed by atoms with Gasteiger partial charge in [-0.1, -0.05) is 0 Å². The number of nitrogens with one attached hydrogen (secondary N) is 1. The Labute approximate surface area is 96.2 Å². The van der Waals surface area contributed by atoms with Gasteiger partial charge in [-0.2, -0.15) is 10.3 Å². The first-order valence-electron chi connectivity index (χ1n) is 5.17. The highest BCUT2D eigenvalue weighted by atomic mass is 32.3. The van der Waals surface area contributed by atoms with Gasteiger partial charge >= 0.3 is 0 Å². The third-order valence-electron chi connectivity index (χ3n) is 1.93. The van der Waals surface area contributed by atoms with Crippen molar-refractivity contribution in [2.45, 2.75) is 18.8 Å². The van der Waals surface area contributed by atoms with E-state index in [1.54, 1.807) is 0 Å². The molecule has 0 aromatic carbocycles. The lowest BCUT2D eigenvalue weighted by Gasteiger charge is -2.38. The van der Waals surface area contributed by atoms with Gasteiger partial charge in [0.1, 0.15) is 0 Å². The lowest BCUT2D eigenvalue weighted by Crippen LogP contribution is -2.50. The summed E-state index contributed by atoms with van der Waals surface area (Å²) in [4.78, 5) is 0. The smallest absolute Gasteiger partial charge is 0.232 e. The SMILES string of the molecule is C[Si](C)(OS(C)(C)C)C(O)CNCCN. The van der Waals surface area contributed by atoms with Crippen LogP contribution in [0, 0.1) is 0 Å². The van der Waals surface area contributed by atoms with Gasteiger partial charge in [0, 0.05) is 19.6 Å². The Balaban J connectivity index is 4.08. The molecule has 0 aliphatic rings. The molecule has 0 saturated heterocycles. The molecular formula is C9H26N2O2SSi. The molecule has 0 saturated carbocycles. The maximum atomic E-state index is 10.0. The van der Waals surface area contributed by atoms with Crippen LogP contribution in [-0.4, -0.2) is 57.6 Å². The second kappa shape index (κ2) is 6.22. The standard InChI is InChI=1S/C9H26N2O2SSi/c1-14(2,3)13-15(4,5)9(12)8-11-7-6-10/h9,11-12H,6-8,10H2,1-5H3. The van der Waals surface area contributed by atoms with Crippen LogP contribution >= 0.6 is 10.3 Å². The van der Waals surface area contributed by atoms with Crippen LogP contribution in [0.2, 0.25) is 13.1 Å². The van der Waals surface area contributed by atoms with Crippen LogP contribution in [0.5, 0.6) is 0 Å². The van der Waals surface area contributed by atoms with Gasteiger partial charge in [-0.25, -0.2) is 0 Å². The van der Waals surface area contributed by atoms with Crippen LogP contribution < -0.4 is 11.1 Å². The number of hydrogen-bond donors (Lipinski definition) is 3. The summed E-state index contributed by atoms with van der Waals surface area (Å²) in [6.07, 6.45) is 6.30. The Bertz CT molecular complexity index is 185. The maximum Gasteiger partial charge on any atom is 0.232 e. The third kappa shape index (κ3) is 7.32. The molecule has 0 aliphatic heterocycles. The monoisotopic (exact) mass is 254 g/mol. The minimum Gasteiger partial charge on any atom is -0.392 e. The van der Waals surface area contributed by atoms with Gasteiger partial charge in [0.25, 0.3) is 0 Å². The molecule has 4 N–H and O–H groups in total. The average Bonchev–Trinajstić information content (AvgIpc) is 2.00. The van der Waals surface area contributed by atoms with Crippen LogP contribution in [0.25, 0.3) is 0 Å². The maximum absolute atomic E-state index is 10.0. The first kappa shape index (κ1) is 15.4. The summed E-state index contributed by atoms with van der Waals surface area (Å²) in [5.41, 5.74) is 4.99. The molecule has 0 amide bonds. The van der Waals surface area contributed by atoms with Gasteiger partial charge in [-0.05, 0) is 31.9 Å². The van der Waals surface area contributed by atoms with E-state index in [-0.39, 0.29) is 5.73 Å². The zero-order valence-electron chi connectivity index (χ0n) is 10.5. The summed E-state index contributed by atoms with van der Waals surface area (Å²) >= 11 is 0. The molecule has 0 rings (SSSR count). The third-order valence-corrected chi connectivity index (χ3v) is 7.45. The highest BCUT2D eigenvalue weighted by molar-refractivity contribution is 8.28. The Morgan fingerprint density at radius 1 is 1.40 bits per heavy atom. The summed E-state index contributed by atoms with van der Waals surface area (Å²) < 4.78 is 6.02. The van der Waals surface area contributed by atoms with E-state index >= 15 is 0 Å².